The smallest absolute Gasteiger partial charge is 0.271 e. The van der Waals surface area contributed by atoms with Gasteiger partial charge >= 0.3 is 0 Å². The molecule has 0 saturated heterocycles. The summed E-state index contributed by atoms with van der Waals surface area (Å²) in [6.45, 7) is 8.08. The summed E-state index contributed by atoms with van der Waals surface area (Å²) < 4.78 is 26.4. The molecule has 2 rings (SSSR count). The first-order valence-corrected chi connectivity index (χ1v) is 9.93. The predicted octanol–water partition coefficient (Wildman–Crippen LogP) is 2.31. The highest BCUT2D eigenvalue weighted by Gasteiger charge is 2.21. The van der Waals surface area contributed by atoms with Crippen molar-refractivity contribution >= 4 is 15.9 Å². The molecule has 1 aromatic heterocycles. The van der Waals surface area contributed by atoms with Crippen molar-refractivity contribution in [3.05, 3.63) is 53.6 Å². The normalized spacial score (nSPS) is 12.8. The van der Waals surface area contributed by atoms with E-state index in [0.29, 0.717) is 13.1 Å². The molecule has 1 unspecified atom stereocenters. The first-order chi connectivity index (χ1) is 12.3. The van der Waals surface area contributed by atoms with Crippen molar-refractivity contribution in [1.29, 1.82) is 0 Å². The molecule has 0 aliphatic rings. The molecule has 1 heterocycles. The largest absolute Gasteiger partial charge is 0.344 e. The Morgan fingerprint density at radius 2 is 1.73 bits per heavy atom. The first-order valence-electron chi connectivity index (χ1n) is 8.49. The molecule has 0 aliphatic carbocycles. The van der Waals surface area contributed by atoms with Crippen LogP contribution in [0.5, 0.6) is 0 Å². The van der Waals surface area contributed by atoms with Crippen molar-refractivity contribution in [3.8, 4) is 0 Å². The predicted molar refractivity (Wildman–Crippen MR) is 99.2 cm³/mol. The maximum absolute atomic E-state index is 12.5. The Morgan fingerprint density at radius 1 is 1.12 bits per heavy atom. The van der Waals surface area contributed by atoms with Gasteiger partial charge in [0.2, 0.25) is 10.0 Å². The minimum absolute atomic E-state index is 0.239. The molecule has 2 aromatic rings. The minimum Gasteiger partial charge on any atom is -0.344 e. The third kappa shape index (κ3) is 4.44. The van der Waals surface area contributed by atoms with Gasteiger partial charge in [0.25, 0.3) is 5.91 Å². The summed E-state index contributed by atoms with van der Waals surface area (Å²) in [7, 11) is -3.49. The Bertz CT molecular complexity index is 845. The fraction of sp³-hybridized carbons (Fsp3) is 0.389. The summed E-state index contributed by atoms with van der Waals surface area (Å²) in [6.07, 6.45) is 2.96. The summed E-state index contributed by atoms with van der Waals surface area (Å²) in [5.74, 6) is -0.329. The molecule has 26 heavy (non-hydrogen) atoms. The van der Waals surface area contributed by atoms with Crippen molar-refractivity contribution in [2.75, 3.05) is 13.1 Å². The van der Waals surface area contributed by atoms with Gasteiger partial charge in [-0.05, 0) is 31.5 Å². The molecule has 1 amide bonds. The van der Waals surface area contributed by atoms with Gasteiger partial charge in [0.05, 0.1) is 22.8 Å². The average molecular weight is 376 g/mol. The van der Waals surface area contributed by atoms with E-state index in [1.165, 1.54) is 16.7 Å². The molecule has 1 atom stereocenters. The summed E-state index contributed by atoms with van der Waals surface area (Å²) in [4.78, 5) is 20.6. The number of hydrogen-bond donors (Lipinski definition) is 1. The van der Waals surface area contributed by atoms with Gasteiger partial charge in [-0.15, -0.1) is 0 Å². The molecule has 7 nitrogen and oxygen atoms in total. The van der Waals surface area contributed by atoms with Crippen LogP contribution in [0, 0.1) is 6.92 Å². The number of aryl methyl sites for hydroxylation is 1. The van der Waals surface area contributed by atoms with Gasteiger partial charge in [0.1, 0.15) is 5.69 Å². The zero-order chi connectivity index (χ0) is 19.3. The molecule has 0 spiro atoms. The third-order valence-electron chi connectivity index (χ3n) is 4.08. The van der Waals surface area contributed by atoms with Gasteiger partial charge in [-0.2, -0.15) is 4.31 Å². The molecular formula is C18H24N4O3S. The van der Waals surface area contributed by atoms with Crippen molar-refractivity contribution in [2.24, 2.45) is 0 Å². The van der Waals surface area contributed by atoms with E-state index in [9.17, 15) is 13.2 Å². The molecular weight excluding hydrogens is 352 g/mol. The van der Waals surface area contributed by atoms with E-state index in [4.69, 9.17) is 0 Å². The van der Waals surface area contributed by atoms with E-state index < -0.39 is 10.0 Å². The molecule has 8 heteroatoms. The molecule has 1 aromatic carbocycles. The highest BCUT2D eigenvalue weighted by atomic mass is 32.2. The van der Waals surface area contributed by atoms with E-state index in [1.54, 1.807) is 45.0 Å². The molecule has 0 fully saturated rings. The standard InChI is InChI=1S/C18H24N4O3S/c1-5-22(6-2)26(24,25)16-9-7-15(8-10-16)14(4)21-18(23)17-12-19-13(3)11-20-17/h7-12,14H,5-6H2,1-4H3,(H,21,23). The van der Waals surface area contributed by atoms with Crippen LogP contribution >= 0.6 is 0 Å². The van der Waals surface area contributed by atoms with Crippen LogP contribution in [0.1, 0.15) is 48.6 Å². The molecule has 140 valence electrons. The Morgan fingerprint density at radius 3 is 2.23 bits per heavy atom. The third-order valence-corrected chi connectivity index (χ3v) is 6.15. The van der Waals surface area contributed by atoms with Crippen LogP contribution in [-0.2, 0) is 10.0 Å². The van der Waals surface area contributed by atoms with Crippen LogP contribution in [0.3, 0.4) is 0 Å². The number of rotatable bonds is 7. The van der Waals surface area contributed by atoms with E-state index in [-0.39, 0.29) is 22.5 Å². The van der Waals surface area contributed by atoms with Gasteiger partial charge in [0.15, 0.2) is 0 Å². The topological polar surface area (TPSA) is 92.3 Å². The van der Waals surface area contributed by atoms with Gasteiger partial charge < -0.3 is 5.32 Å². The highest BCUT2D eigenvalue weighted by Crippen LogP contribution is 2.19. The van der Waals surface area contributed by atoms with E-state index in [1.807, 2.05) is 6.92 Å². The number of amides is 1. The number of nitrogens with one attached hydrogen (secondary N) is 1. The number of carbonyl (C=O) groups excluding carboxylic acids is 1. The van der Waals surface area contributed by atoms with Gasteiger partial charge in [-0.25, -0.2) is 13.4 Å². The number of hydrogen-bond acceptors (Lipinski definition) is 5. The zero-order valence-corrected chi connectivity index (χ0v) is 16.2. The fourth-order valence-corrected chi connectivity index (χ4v) is 3.96. The minimum atomic E-state index is -3.49. The lowest BCUT2D eigenvalue weighted by Crippen LogP contribution is -2.30. The van der Waals surface area contributed by atoms with Crippen molar-refractivity contribution in [1.82, 2.24) is 19.6 Å². The quantitative estimate of drug-likeness (QED) is 0.800. The Kier molecular flexibility index (Phi) is 6.44. The van der Waals surface area contributed by atoms with Gasteiger partial charge in [-0.3, -0.25) is 9.78 Å². The number of sulfonamides is 1. The summed E-state index contributed by atoms with van der Waals surface area (Å²) in [6, 6.07) is 6.26. The van der Waals surface area contributed by atoms with E-state index in [2.05, 4.69) is 15.3 Å². The SMILES string of the molecule is CCN(CC)S(=O)(=O)c1ccc(C(C)NC(=O)c2cnc(C)cn2)cc1. The van der Waals surface area contributed by atoms with Crippen LogP contribution < -0.4 is 5.32 Å². The Hall–Kier alpha value is -2.32. The lowest BCUT2D eigenvalue weighted by molar-refractivity contribution is 0.0934. The van der Waals surface area contributed by atoms with E-state index >= 15 is 0 Å². The van der Waals surface area contributed by atoms with Crippen LogP contribution in [0.4, 0.5) is 0 Å². The summed E-state index contributed by atoms with van der Waals surface area (Å²) >= 11 is 0. The maximum atomic E-state index is 12.5. The number of nitrogens with zero attached hydrogens (tertiary/aromatic N) is 3. The van der Waals surface area contributed by atoms with Crippen LogP contribution in [0.25, 0.3) is 0 Å². The average Bonchev–Trinajstić information content (AvgIpc) is 2.63. The Balaban J connectivity index is 2.12. The van der Waals surface area contributed by atoms with Crippen LogP contribution in [0.15, 0.2) is 41.6 Å². The second-order valence-corrected chi connectivity index (χ2v) is 7.83. The molecule has 0 radical (unpaired) electrons. The van der Waals surface area contributed by atoms with Crippen LogP contribution in [-0.4, -0.2) is 41.7 Å². The number of aromatic nitrogens is 2. The maximum Gasteiger partial charge on any atom is 0.271 e. The highest BCUT2D eigenvalue weighted by molar-refractivity contribution is 7.89. The van der Waals surface area contributed by atoms with Gasteiger partial charge in [0, 0.05) is 19.3 Å². The van der Waals surface area contributed by atoms with Gasteiger partial charge in [-0.1, -0.05) is 26.0 Å². The van der Waals surface area contributed by atoms with Crippen molar-refractivity contribution < 1.29 is 13.2 Å². The lowest BCUT2D eigenvalue weighted by Gasteiger charge is -2.19. The Labute approximate surface area is 154 Å². The second-order valence-electron chi connectivity index (χ2n) is 5.90. The molecule has 0 aliphatic heterocycles. The van der Waals surface area contributed by atoms with E-state index in [0.717, 1.165) is 11.3 Å². The number of benzene rings is 1. The lowest BCUT2D eigenvalue weighted by atomic mass is 10.1. The molecule has 1 N–H and O–H groups in total. The monoisotopic (exact) mass is 376 g/mol. The second kappa shape index (κ2) is 8.37. The molecule has 0 saturated carbocycles. The summed E-state index contributed by atoms with van der Waals surface area (Å²) in [5.41, 5.74) is 1.78. The summed E-state index contributed by atoms with van der Waals surface area (Å²) in [5, 5.41) is 2.83. The van der Waals surface area contributed by atoms with Crippen LogP contribution in [0.2, 0.25) is 0 Å². The van der Waals surface area contributed by atoms with Crippen molar-refractivity contribution in [2.45, 2.75) is 38.6 Å². The fourth-order valence-electron chi connectivity index (χ4n) is 2.50. The first kappa shape index (κ1) is 20.0. The van der Waals surface area contributed by atoms with Crippen molar-refractivity contribution in [3.63, 3.8) is 0 Å². The molecule has 0 bridgehead atoms. The number of carbonyl (C=O) groups is 1. The zero-order valence-electron chi connectivity index (χ0n) is 15.4.